The second-order valence-corrected chi connectivity index (χ2v) is 5.44. The molecular weight excluding hydrogens is 321 g/mol. The van der Waals surface area contributed by atoms with E-state index in [1.165, 1.54) is 31.4 Å². The Hall–Kier alpha value is -2.57. The van der Waals surface area contributed by atoms with E-state index in [2.05, 4.69) is 15.0 Å². The number of halogens is 3. The zero-order valence-electron chi connectivity index (χ0n) is 13.4. The molecule has 2 rings (SSSR count). The van der Waals surface area contributed by atoms with Crippen molar-refractivity contribution in [3.63, 3.8) is 0 Å². The number of carbonyl (C=O) groups is 1. The molecule has 128 valence electrons. The first-order valence-electron chi connectivity index (χ1n) is 7.27. The van der Waals surface area contributed by atoms with Crippen LogP contribution in [0.1, 0.15) is 47.8 Å². The van der Waals surface area contributed by atoms with Crippen LogP contribution in [-0.4, -0.2) is 18.1 Å². The van der Waals surface area contributed by atoms with E-state index >= 15 is 0 Å². The van der Waals surface area contributed by atoms with E-state index in [0.717, 1.165) is 6.07 Å². The van der Waals surface area contributed by atoms with Crippen molar-refractivity contribution >= 4 is 17.5 Å². The van der Waals surface area contributed by atoms with Gasteiger partial charge in [-0.05, 0) is 41.8 Å². The molecule has 0 aliphatic heterocycles. The van der Waals surface area contributed by atoms with Crippen LogP contribution in [0.5, 0.6) is 0 Å². The monoisotopic (exact) mass is 338 g/mol. The number of alkyl halides is 2. The Balaban J connectivity index is 2.51. The van der Waals surface area contributed by atoms with Gasteiger partial charge in [-0.2, -0.15) is 0 Å². The van der Waals surface area contributed by atoms with Gasteiger partial charge in [0.1, 0.15) is 22.9 Å². The number of nitrogens with zero attached hydrogens (tertiary/aromatic N) is 1. The predicted molar refractivity (Wildman–Crippen MR) is 84.3 cm³/mol. The van der Waals surface area contributed by atoms with Gasteiger partial charge in [-0.1, -0.05) is 13.8 Å². The van der Waals surface area contributed by atoms with Gasteiger partial charge in [-0.25, -0.2) is 22.9 Å². The lowest BCUT2D eigenvalue weighted by molar-refractivity contribution is 0.0601. The van der Waals surface area contributed by atoms with E-state index < -0.39 is 23.9 Å². The molecule has 0 amide bonds. The second-order valence-electron chi connectivity index (χ2n) is 5.44. The molecule has 0 spiro atoms. The molecule has 0 saturated heterocycles. The molecule has 2 aromatic rings. The highest BCUT2D eigenvalue weighted by atomic mass is 19.3. The molecule has 1 heterocycles. The number of hydrogen-bond acceptors (Lipinski definition) is 4. The van der Waals surface area contributed by atoms with Crippen molar-refractivity contribution in [2.24, 2.45) is 0 Å². The summed E-state index contributed by atoms with van der Waals surface area (Å²) in [6.07, 6.45) is -2.78. The average Bonchev–Trinajstić information content (AvgIpc) is 2.55. The maximum Gasteiger partial charge on any atom is 0.341 e. The summed E-state index contributed by atoms with van der Waals surface area (Å²) in [6, 6.07) is 6.35. The van der Waals surface area contributed by atoms with E-state index in [9.17, 15) is 18.0 Å². The van der Waals surface area contributed by atoms with Gasteiger partial charge in [-0.15, -0.1) is 0 Å². The first kappa shape index (κ1) is 17.8. The zero-order valence-corrected chi connectivity index (χ0v) is 13.4. The third-order valence-corrected chi connectivity index (χ3v) is 3.43. The number of benzene rings is 1. The fraction of sp³-hybridized carbons (Fsp3) is 0.294. The van der Waals surface area contributed by atoms with E-state index in [1.54, 1.807) is 0 Å². The number of hydrogen-bond donors (Lipinski definition) is 1. The summed E-state index contributed by atoms with van der Waals surface area (Å²) in [4.78, 5) is 15.6. The molecule has 0 atom stereocenters. The van der Waals surface area contributed by atoms with Crippen molar-refractivity contribution in [2.75, 3.05) is 12.4 Å². The summed E-state index contributed by atoms with van der Waals surface area (Å²) >= 11 is 0. The van der Waals surface area contributed by atoms with Crippen molar-refractivity contribution in [2.45, 2.75) is 26.2 Å². The van der Waals surface area contributed by atoms with Gasteiger partial charge in [0.25, 0.3) is 6.43 Å². The van der Waals surface area contributed by atoms with Crippen LogP contribution < -0.4 is 5.32 Å². The smallest absolute Gasteiger partial charge is 0.341 e. The van der Waals surface area contributed by atoms with Gasteiger partial charge in [-0.3, -0.25) is 0 Å². The quantitative estimate of drug-likeness (QED) is 0.795. The zero-order chi connectivity index (χ0) is 17.9. The number of methoxy groups -OCH3 is 1. The normalized spacial score (nSPS) is 11.0. The molecular formula is C17H17F3N2O2. The maximum atomic E-state index is 13.5. The highest BCUT2D eigenvalue weighted by Crippen LogP contribution is 2.30. The summed E-state index contributed by atoms with van der Waals surface area (Å²) < 4.78 is 43.9. The lowest BCUT2D eigenvalue weighted by atomic mass is 10.0. The Morgan fingerprint density at radius 2 is 1.92 bits per heavy atom. The number of esters is 1. The summed E-state index contributed by atoms with van der Waals surface area (Å²) in [5, 5.41) is 2.85. The molecule has 0 unspecified atom stereocenters. The van der Waals surface area contributed by atoms with Crippen molar-refractivity contribution in [3.8, 4) is 0 Å². The third-order valence-electron chi connectivity index (χ3n) is 3.43. The first-order chi connectivity index (χ1) is 11.3. The van der Waals surface area contributed by atoms with Gasteiger partial charge >= 0.3 is 5.97 Å². The number of rotatable bonds is 5. The Morgan fingerprint density at radius 3 is 2.50 bits per heavy atom. The van der Waals surface area contributed by atoms with Crippen LogP contribution >= 0.6 is 0 Å². The minimum atomic E-state index is -2.78. The molecule has 0 radical (unpaired) electrons. The van der Waals surface area contributed by atoms with Crippen LogP contribution in [0.2, 0.25) is 0 Å². The molecule has 1 aromatic heterocycles. The number of ether oxygens (including phenoxy) is 1. The Morgan fingerprint density at radius 1 is 1.21 bits per heavy atom. The molecule has 0 fully saturated rings. The number of nitrogens with one attached hydrogen (secondary N) is 1. The SMILES string of the molecule is COC(=O)c1ccc(C(F)F)nc1Nc1ccc(F)cc1C(C)C. The minimum Gasteiger partial charge on any atom is -0.465 e. The third kappa shape index (κ3) is 3.84. The van der Waals surface area contributed by atoms with Gasteiger partial charge in [0.15, 0.2) is 0 Å². The van der Waals surface area contributed by atoms with Gasteiger partial charge < -0.3 is 10.1 Å². The Kier molecular flexibility index (Phi) is 5.43. The minimum absolute atomic E-state index is 0.0148. The number of pyridine rings is 1. The van der Waals surface area contributed by atoms with Gasteiger partial charge in [0.05, 0.1) is 7.11 Å². The first-order valence-corrected chi connectivity index (χ1v) is 7.27. The second kappa shape index (κ2) is 7.33. The molecule has 0 saturated carbocycles. The molecule has 1 aromatic carbocycles. The standard InChI is InChI=1S/C17H17F3N2O2/c1-9(2)12-8-10(18)4-6-13(12)21-16-11(17(23)24-3)5-7-14(22-16)15(19)20/h4-9,15H,1-3H3,(H,21,22). The number of aromatic nitrogens is 1. The molecule has 7 heteroatoms. The Bertz CT molecular complexity index is 749. The van der Waals surface area contributed by atoms with Gasteiger partial charge in [0, 0.05) is 5.69 Å². The molecule has 1 N–H and O–H groups in total. The van der Waals surface area contributed by atoms with E-state index in [0.29, 0.717) is 11.3 Å². The lowest BCUT2D eigenvalue weighted by Gasteiger charge is -2.16. The van der Waals surface area contributed by atoms with Crippen molar-refractivity contribution in [1.82, 2.24) is 4.98 Å². The van der Waals surface area contributed by atoms with Crippen LogP contribution in [0.3, 0.4) is 0 Å². The average molecular weight is 338 g/mol. The fourth-order valence-corrected chi connectivity index (χ4v) is 2.22. The summed E-state index contributed by atoms with van der Waals surface area (Å²) in [5.41, 5.74) is 0.657. The highest BCUT2D eigenvalue weighted by Gasteiger charge is 2.19. The van der Waals surface area contributed by atoms with E-state index in [-0.39, 0.29) is 17.3 Å². The van der Waals surface area contributed by atoms with Crippen LogP contribution in [0.4, 0.5) is 24.7 Å². The number of anilines is 2. The molecule has 0 aliphatic carbocycles. The Labute approximate surface area is 137 Å². The van der Waals surface area contributed by atoms with Crippen molar-refractivity contribution < 1.29 is 22.7 Å². The summed E-state index contributed by atoms with van der Waals surface area (Å²) in [7, 11) is 1.19. The maximum absolute atomic E-state index is 13.5. The topological polar surface area (TPSA) is 51.2 Å². The van der Waals surface area contributed by atoms with Crippen LogP contribution in [0.15, 0.2) is 30.3 Å². The molecule has 24 heavy (non-hydrogen) atoms. The molecule has 4 nitrogen and oxygen atoms in total. The van der Waals surface area contributed by atoms with Crippen LogP contribution in [0, 0.1) is 5.82 Å². The van der Waals surface area contributed by atoms with Crippen molar-refractivity contribution in [1.29, 1.82) is 0 Å². The molecule has 0 aliphatic rings. The van der Waals surface area contributed by atoms with Crippen molar-refractivity contribution in [3.05, 3.63) is 53.0 Å². The summed E-state index contributed by atoms with van der Waals surface area (Å²) in [6.45, 7) is 3.73. The summed E-state index contributed by atoms with van der Waals surface area (Å²) in [5.74, 6) is -1.21. The lowest BCUT2D eigenvalue weighted by Crippen LogP contribution is -2.10. The predicted octanol–water partition coefficient (Wildman–Crippen LogP) is 4.81. The number of carbonyl (C=O) groups excluding carboxylic acids is 1. The van der Waals surface area contributed by atoms with E-state index in [4.69, 9.17) is 0 Å². The fourth-order valence-electron chi connectivity index (χ4n) is 2.22. The van der Waals surface area contributed by atoms with Gasteiger partial charge in [0.2, 0.25) is 0 Å². The highest BCUT2D eigenvalue weighted by molar-refractivity contribution is 5.95. The van der Waals surface area contributed by atoms with E-state index in [1.807, 2.05) is 13.8 Å². The largest absolute Gasteiger partial charge is 0.465 e. The van der Waals surface area contributed by atoms with Crippen LogP contribution in [-0.2, 0) is 4.74 Å². The molecule has 0 bridgehead atoms. The van der Waals surface area contributed by atoms with Crippen LogP contribution in [0.25, 0.3) is 0 Å².